The summed E-state index contributed by atoms with van der Waals surface area (Å²) in [4.78, 5) is 19.6. The Morgan fingerprint density at radius 2 is 1.93 bits per heavy atom. The minimum absolute atomic E-state index is 0.0181. The second kappa shape index (κ2) is 6.16. The molecular formula is C8H14ClNO4. The van der Waals surface area contributed by atoms with E-state index in [-0.39, 0.29) is 17.0 Å². The van der Waals surface area contributed by atoms with Crippen molar-refractivity contribution in [2.24, 2.45) is 5.92 Å². The summed E-state index contributed by atoms with van der Waals surface area (Å²) in [6.07, 6.45) is 2.94. The van der Waals surface area contributed by atoms with Gasteiger partial charge in [0.15, 0.2) is 6.07 Å². The third-order valence-electron chi connectivity index (χ3n) is 2.55. The molecule has 6 heteroatoms. The summed E-state index contributed by atoms with van der Waals surface area (Å²) < 4.78 is 0. The van der Waals surface area contributed by atoms with E-state index in [0.29, 0.717) is 25.4 Å². The number of halogens is 1. The first-order valence-electron chi connectivity index (χ1n) is 4.68. The molecule has 0 radical (unpaired) electrons. The van der Waals surface area contributed by atoms with Gasteiger partial charge in [-0.3, -0.25) is 10.1 Å². The maximum Gasteiger partial charge on any atom is 0.213 e. The van der Waals surface area contributed by atoms with E-state index in [1.807, 2.05) is 0 Å². The van der Waals surface area contributed by atoms with Crippen LogP contribution in [0.2, 0.25) is 0 Å². The molecule has 14 heavy (non-hydrogen) atoms. The fourth-order valence-corrected chi connectivity index (χ4v) is 1.76. The van der Waals surface area contributed by atoms with Gasteiger partial charge in [0.2, 0.25) is 6.04 Å². The quantitative estimate of drug-likeness (QED) is 0.235. The summed E-state index contributed by atoms with van der Waals surface area (Å²) in [5.41, 5.74) is 0. The van der Waals surface area contributed by atoms with Gasteiger partial charge in [-0.25, -0.2) is 9.78 Å². The van der Waals surface area contributed by atoms with Gasteiger partial charge in [-0.2, -0.15) is 0 Å². The van der Waals surface area contributed by atoms with Crippen LogP contribution < -0.4 is 0 Å². The van der Waals surface area contributed by atoms with Crippen molar-refractivity contribution in [2.45, 2.75) is 31.7 Å². The second-order valence-corrected chi connectivity index (χ2v) is 3.69. The van der Waals surface area contributed by atoms with E-state index in [2.05, 4.69) is 4.89 Å². The minimum atomic E-state index is -0.361. The summed E-state index contributed by atoms with van der Waals surface area (Å²) in [7, 11) is 0. The normalized spacial score (nSPS) is 27.5. The molecule has 0 unspecified atom stereocenters. The van der Waals surface area contributed by atoms with Gasteiger partial charge >= 0.3 is 0 Å². The first-order chi connectivity index (χ1) is 6.74. The topological polar surface area (TPSA) is 61.6 Å². The Kier molecular flexibility index (Phi) is 5.14. The molecule has 0 aromatic rings. The molecule has 0 aliphatic heterocycles. The van der Waals surface area contributed by atoms with Crippen LogP contribution >= 0.6 is 11.6 Å². The van der Waals surface area contributed by atoms with Crippen molar-refractivity contribution in [1.82, 2.24) is 0 Å². The first kappa shape index (κ1) is 11.7. The molecule has 0 aromatic carbocycles. The predicted octanol–water partition coefficient (Wildman–Crippen LogP) is 1.97. The highest BCUT2D eigenvalue weighted by atomic mass is 35.5. The molecule has 0 heterocycles. The van der Waals surface area contributed by atoms with E-state index in [1.54, 1.807) is 0 Å². The summed E-state index contributed by atoms with van der Waals surface area (Å²) in [5, 5.41) is 10.5. The van der Waals surface area contributed by atoms with Crippen LogP contribution in [0.25, 0.3) is 0 Å². The summed E-state index contributed by atoms with van der Waals surface area (Å²) in [5.74, 6) is 0.370. The SMILES string of the molecule is O=[N+]([O-])C1CCC(COOCCl)CC1. The lowest BCUT2D eigenvalue weighted by atomic mass is 9.87. The summed E-state index contributed by atoms with van der Waals surface area (Å²) in [6.45, 7) is 0.483. The molecule has 1 aliphatic carbocycles. The Balaban J connectivity index is 2.12. The fourth-order valence-electron chi connectivity index (χ4n) is 1.70. The molecule has 0 spiro atoms. The zero-order valence-electron chi connectivity index (χ0n) is 7.86. The van der Waals surface area contributed by atoms with Crippen LogP contribution in [0.5, 0.6) is 0 Å². The monoisotopic (exact) mass is 223 g/mol. The van der Waals surface area contributed by atoms with E-state index < -0.39 is 0 Å². The third-order valence-corrected chi connectivity index (χ3v) is 2.64. The molecule has 0 saturated heterocycles. The van der Waals surface area contributed by atoms with Gasteiger partial charge in [0.05, 0.1) is 6.61 Å². The van der Waals surface area contributed by atoms with Gasteiger partial charge in [0, 0.05) is 17.8 Å². The fraction of sp³-hybridized carbons (Fsp3) is 1.00. The Bertz CT molecular complexity index is 182. The zero-order chi connectivity index (χ0) is 10.4. The average Bonchev–Trinajstić information content (AvgIpc) is 2.19. The van der Waals surface area contributed by atoms with E-state index in [9.17, 15) is 10.1 Å². The molecule has 82 valence electrons. The van der Waals surface area contributed by atoms with E-state index >= 15 is 0 Å². The lowest BCUT2D eigenvalue weighted by Crippen LogP contribution is -2.27. The first-order valence-corrected chi connectivity index (χ1v) is 5.21. The van der Waals surface area contributed by atoms with Crippen molar-refractivity contribution < 1.29 is 14.7 Å². The molecule has 0 aromatic heterocycles. The maximum absolute atomic E-state index is 10.5. The highest BCUT2D eigenvalue weighted by molar-refractivity contribution is 6.17. The van der Waals surface area contributed by atoms with Crippen LogP contribution in [-0.2, 0) is 9.78 Å². The van der Waals surface area contributed by atoms with Crippen LogP contribution in [0.3, 0.4) is 0 Å². The van der Waals surface area contributed by atoms with Crippen LogP contribution in [0.1, 0.15) is 25.7 Å². The standard InChI is InChI=1S/C8H14ClNO4/c9-6-14-13-5-7-1-3-8(4-2-7)10(11)12/h7-8H,1-6H2. The van der Waals surface area contributed by atoms with Gasteiger partial charge in [-0.15, -0.1) is 0 Å². The summed E-state index contributed by atoms with van der Waals surface area (Å²) in [6, 6.07) is -0.343. The van der Waals surface area contributed by atoms with Gasteiger partial charge in [0.25, 0.3) is 0 Å². The van der Waals surface area contributed by atoms with Crippen LogP contribution in [0, 0.1) is 16.0 Å². The third kappa shape index (κ3) is 3.77. The highest BCUT2D eigenvalue weighted by Crippen LogP contribution is 2.25. The van der Waals surface area contributed by atoms with Crippen LogP contribution in [0.15, 0.2) is 0 Å². The van der Waals surface area contributed by atoms with E-state index in [4.69, 9.17) is 16.5 Å². The molecule has 1 saturated carbocycles. The van der Waals surface area contributed by atoms with Crippen molar-refractivity contribution >= 4 is 11.6 Å². The largest absolute Gasteiger partial charge is 0.264 e. The number of hydrogen-bond acceptors (Lipinski definition) is 4. The molecular weight excluding hydrogens is 210 g/mol. The number of nitrogens with zero attached hydrogens (tertiary/aromatic N) is 1. The smallest absolute Gasteiger partial charge is 0.213 e. The predicted molar refractivity (Wildman–Crippen MR) is 50.5 cm³/mol. The van der Waals surface area contributed by atoms with Crippen LogP contribution in [0.4, 0.5) is 0 Å². The van der Waals surface area contributed by atoms with E-state index in [1.165, 1.54) is 0 Å². The van der Waals surface area contributed by atoms with Crippen LogP contribution in [-0.4, -0.2) is 23.6 Å². The molecule has 1 rings (SSSR count). The van der Waals surface area contributed by atoms with Crippen molar-refractivity contribution in [3.8, 4) is 0 Å². The lowest BCUT2D eigenvalue weighted by Gasteiger charge is -2.22. The number of rotatable bonds is 5. The van der Waals surface area contributed by atoms with Crippen molar-refractivity contribution in [2.75, 3.05) is 12.7 Å². The zero-order valence-corrected chi connectivity index (χ0v) is 8.61. The van der Waals surface area contributed by atoms with Crippen molar-refractivity contribution in [1.29, 1.82) is 0 Å². The van der Waals surface area contributed by atoms with Crippen molar-refractivity contribution in [3.63, 3.8) is 0 Å². The minimum Gasteiger partial charge on any atom is -0.264 e. The number of hydrogen-bond donors (Lipinski definition) is 0. The highest BCUT2D eigenvalue weighted by Gasteiger charge is 2.28. The molecule has 0 atom stereocenters. The summed E-state index contributed by atoms with van der Waals surface area (Å²) >= 11 is 5.25. The Labute approximate surface area is 87.4 Å². The Morgan fingerprint density at radius 3 is 2.43 bits per heavy atom. The second-order valence-electron chi connectivity index (χ2n) is 3.47. The maximum atomic E-state index is 10.5. The molecule has 1 fully saturated rings. The van der Waals surface area contributed by atoms with Gasteiger partial charge in [-0.1, -0.05) is 11.6 Å². The molecule has 0 amide bonds. The lowest BCUT2D eigenvalue weighted by molar-refractivity contribution is -0.527. The Morgan fingerprint density at radius 1 is 1.29 bits per heavy atom. The average molecular weight is 224 g/mol. The Hall–Kier alpha value is -0.390. The van der Waals surface area contributed by atoms with Gasteiger partial charge in [-0.05, 0) is 18.8 Å². The molecule has 5 nitrogen and oxygen atoms in total. The molecule has 0 bridgehead atoms. The number of nitro groups is 1. The van der Waals surface area contributed by atoms with E-state index in [0.717, 1.165) is 12.8 Å². The van der Waals surface area contributed by atoms with Crippen molar-refractivity contribution in [3.05, 3.63) is 10.1 Å². The molecule has 0 N–H and O–H groups in total. The van der Waals surface area contributed by atoms with Gasteiger partial charge in [0.1, 0.15) is 0 Å². The van der Waals surface area contributed by atoms with Gasteiger partial charge < -0.3 is 0 Å². The number of alkyl halides is 1. The molecule has 1 aliphatic rings.